The average Bonchev–Trinajstić information content (AvgIpc) is 2.61. The Kier molecular flexibility index (Phi) is 5.14. The summed E-state index contributed by atoms with van der Waals surface area (Å²) in [6.45, 7) is 5.74. The molecule has 2 unspecified atom stereocenters. The van der Waals surface area contributed by atoms with Crippen molar-refractivity contribution in [3.8, 4) is 0 Å². The van der Waals surface area contributed by atoms with E-state index in [0.29, 0.717) is 6.10 Å². The van der Waals surface area contributed by atoms with E-state index in [2.05, 4.69) is 24.5 Å². The molecule has 0 saturated carbocycles. The van der Waals surface area contributed by atoms with E-state index in [0.717, 1.165) is 18.2 Å². The molecule has 2 atom stereocenters. The van der Waals surface area contributed by atoms with Gasteiger partial charge in [0.2, 0.25) is 0 Å². The summed E-state index contributed by atoms with van der Waals surface area (Å²) < 4.78 is 5.33. The molecule has 2 nitrogen and oxygen atoms in total. The average molecular weight is 203 g/mol. The lowest BCUT2D eigenvalue weighted by molar-refractivity contribution is 0.106. The maximum absolute atomic E-state index is 5.33. The van der Waals surface area contributed by atoms with Crippen LogP contribution in [0.15, 0.2) is 0 Å². The molecule has 0 aromatic carbocycles. The van der Waals surface area contributed by atoms with E-state index in [-0.39, 0.29) is 0 Å². The zero-order valence-electron chi connectivity index (χ0n) is 8.70. The van der Waals surface area contributed by atoms with E-state index in [4.69, 9.17) is 4.74 Å². The maximum Gasteiger partial charge on any atom is 0.0710 e. The van der Waals surface area contributed by atoms with E-state index in [9.17, 15) is 0 Å². The van der Waals surface area contributed by atoms with Gasteiger partial charge in [-0.2, -0.15) is 12.6 Å². The summed E-state index contributed by atoms with van der Waals surface area (Å²) in [6, 6.07) is 0. The zero-order chi connectivity index (χ0) is 9.68. The number of thiol groups is 1. The zero-order valence-corrected chi connectivity index (χ0v) is 9.59. The highest BCUT2D eigenvalue weighted by Crippen LogP contribution is 2.15. The van der Waals surface area contributed by atoms with Crippen molar-refractivity contribution in [2.45, 2.75) is 25.9 Å². The molecule has 0 spiro atoms. The van der Waals surface area contributed by atoms with Gasteiger partial charge in [-0.1, -0.05) is 13.3 Å². The lowest BCUT2D eigenvalue weighted by Crippen LogP contribution is -2.29. The maximum atomic E-state index is 5.33. The number of rotatable bonds is 5. The number of hydrogen-bond donors (Lipinski definition) is 1. The fraction of sp³-hybridized carbons (Fsp3) is 1.00. The molecular weight excluding hydrogens is 182 g/mol. The largest absolute Gasteiger partial charge is 0.380 e. The molecule has 1 saturated heterocycles. The molecule has 1 heterocycles. The Morgan fingerprint density at radius 2 is 2.38 bits per heavy atom. The van der Waals surface area contributed by atoms with Gasteiger partial charge in [0.1, 0.15) is 0 Å². The van der Waals surface area contributed by atoms with Crippen LogP contribution in [0.5, 0.6) is 0 Å². The molecule has 0 radical (unpaired) electrons. The van der Waals surface area contributed by atoms with Crippen molar-refractivity contribution >= 4 is 12.6 Å². The first-order chi connectivity index (χ1) is 6.30. The predicted octanol–water partition coefficient (Wildman–Crippen LogP) is 1.66. The standard InChI is InChI=1S/C10H21NOS/c1-3-9(8-13)6-11-5-4-10(7-11)12-2/h9-10,13H,3-8H2,1-2H3. The Morgan fingerprint density at radius 1 is 1.62 bits per heavy atom. The van der Waals surface area contributed by atoms with Gasteiger partial charge in [0.15, 0.2) is 0 Å². The van der Waals surface area contributed by atoms with Crippen LogP contribution in [0.25, 0.3) is 0 Å². The fourth-order valence-corrected chi connectivity index (χ4v) is 2.21. The molecule has 0 N–H and O–H groups in total. The Bertz CT molecular complexity index is 139. The molecule has 0 bridgehead atoms. The van der Waals surface area contributed by atoms with Crippen molar-refractivity contribution in [3.05, 3.63) is 0 Å². The third-order valence-electron chi connectivity index (χ3n) is 2.91. The van der Waals surface area contributed by atoms with Crippen LogP contribution in [0.3, 0.4) is 0 Å². The van der Waals surface area contributed by atoms with Gasteiger partial charge in [0.25, 0.3) is 0 Å². The predicted molar refractivity (Wildman–Crippen MR) is 59.5 cm³/mol. The van der Waals surface area contributed by atoms with Gasteiger partial charge in [0, 0.05) is 26.7 Å². The van der Waals surface area contributed by atoms with Gasteiger partial charge in [-0.3, -0.25) is 0 Å². The number of nitrogens with zero attached hydrogens (tertiary/aromatic N) is 1. The number of likely N-dealkylation sites (tertiary alicyclic amines) is 1. The lowest BCUT2D eigenvalue weighted by atomic mass is 10.1. The van der Waals surface area contributed by atoms with E-state index in [1.54, 1.807) is 0 Å². The summed E-state index contributed by atoms with van der Waals surface area (Å²) in [5.74, 6) is 1.75. The van der Waals surface area contributed by atoms with E-state index in [1.165, 1.54) is 25.9 Å². The number of hydrogen-bond acceptors (Lipinski definition) is 3. The quantitative estimate of drug-likeness (QED) is 0.682. The van der Waals surface area contributed by atoms with Crippen molar-refractivity contribution in [1.29, 1.82) is 0 Å². The third kappa shape index (κ3) is 3.49. The first-order valence-corrected chi connectivity index (χ1v) is 5.79. The summed E-state index contributed by atoms with van der Waals surface area (Å²) >= 11 is 4.36. The summed E-state index contributed by atoms with van der Waals surface area (Å²) in [7, 11) is 1.81. The molecule has 13 heavy (non-hydrogen) atoms. The normalized spacial score (nSPS) is 26.5. The SMILES string of the molecule is CCC(CS)CN1CCC(OC)C1. The highest BCUT2D eigenvalue weighted by atomic mass is 32.1. The van der Waals surface area contributed by atoms with Gasteiger partial charge >= 0.3 is 0 Å². The second-order valence-corrected chi connectivity index (χ2v) is 4.23. The van der Waals surface area contributed by atoms with Crippen molar-refractivity contribution in [2.24, 2.45) is 5.92 Å². The first-order valence-electron chi connectivity index (χ1n) is 5.16. The van der Waals surface area contributed by atoms with E-state index < -0.39 is 0 Å². The number of methoxy groups -OCH3 is 1. The summed E-state index contributed by atoms with van der Waals surface area (Å²) in [5, 5.41) is 0. The Morgan fingerprint density at radius 3 is 2.85 bits per heavy atom. The van der Waals surface area contributed by atoms with Crippen LogP contribution in [-0.2, 0) is 4.74 Å². The fourth-order valence-electron chi connectivity index (χ4n) is 1.84. The van der Waals surface area contributed by atoms with Crippen LogP contribution < -0.4 is 0 Å². The highest BCUT2D eigenvalue weighted by molar-refractivity contribution is 7.80. The lowest BCUT2D eigenvalue weighted by Gasteiger charge is -2.21. The van der Waals surface area contributed by atoms with Crippen molar-refractivity contribution in [3.63, 3.8) is 0 Å². The highest BCUT2D eigenvalue weighted by Gasteiger charge is 2.23. The van der Waals surface area contributed by atoms with Crippen LogP contribution in [0.4, 0.5) is 0 Å². The molecule has 1 aliphatic rings. The second-order valence-electron chi connectivity index (χ2n) is 3.86. The molecule has 0 aromatic rings. The summed E-state index contributed by atoms with van der Waals surface area (Å²) in [5.41, 5.74) is 0. The Labute approximate surface area is 87.0 Å². The van der Waals surface area contributed by atoms with E-state index >= 15 is 0 Å². The van der Waals surface area contributed by atoms with Gasteiger partial charge in [-0.15, -0.1) is 0 Å². The van der Waals surface area contributed by atoms with Crippen LogP contribution in [0.2, 0.25) is 0 Å². The van der Waals surface area contributed by atoms with Crippen molar-refractivity contribution < 1.29 is 4.74 Å². The van der Waals surface area contributed by atoms with Crippen molar-refractivity contribution in [1.82, 2.24) is 4.90 Å². The molecule has 0 amide bonds. The second kappa shape index (κ2) is 5.89. The molecule has 1 rings (SSSR count). The summed E-state index contributed by atoms with van der Waals surface area (Å²) in [6.07, 6.45) is 2.90. The molecule has 3 heteroatoms. The minimum absolute atomic E-state index is 0.470. The van der Waals surface area contributed by atoms with Crippen LogP contribution in [0, 0.1) is 5.92 Å². The Balaban J connectivity index is 2.22. The molecular formula is C10H21NOS. The summed E-state index contributed by atoms with van der Waals surface area (Å²) in [4.78, 5) is 2.50. The molecule has 1 aliphatic heterocycles. The minimum Gasteiger partial charge on any atom is -0.380 e. The third-order valence-corrected chi connectivity index (χ3v) is 3.43. The van der Waals surface area contributed by atoms with Gasteiger partial charge in [-0.05, 0) is 18.1 Å². The van der Waals surface area contributed by atoms with Gasteiger partial charge in [0.05, 0.1) is 6.10 Å². The van der Waals surface area contributed by atoms with E-state index in [1.807, 2.05) is 7.11 Å². The Hall–Kier alpha value is 0.270. The van der Waals surface area contributed by atoms with Gasteiger partial charge < -0.3 is 9.64 Å². The minimum atomic E-state index is 0.470. The molecule has 78 valence electrons. The molecule has 0 aliphatic carbocycles. The monoisotopic (exact) mass is 203 g/mol. The smallest absolute Gasteiger partial charge is 0.0710 e. The van der Waals surface area contributed by atoms with Crippen molar-refractivity contribution in [2.75, 3.05) is 32.5 Å². The topological polar surface area (TPSA) is 12.5 Å². The first kappa shape index (κ1) is 11.3. The van der Waals surface area contributed by atoms with Gasteiger partial charge in [-0.25, -0.2) is 0 Å². The number of ether oxygens (including phenoxy) is 1. The van der Waals surface area contributed by atoms with Crippen LogP contribution in [0.1, 0.15) is 19.8 Å². The molecule has 1 fully saturated rings. The van der Waals surface area contributed by atoms with Crippen LogP contribution in [-0.4, -0.2) is 43.5 Å². The molecule has 0 aromatic heterocycles. The van der Waals surface area contributed by atoms with Crippen LogP contribution >= 0.6 is 12.6 Å².